The smallest absolute Gasteiger partial charge is 0.188 e. The van der Waals surface area contributed by atoms with Gasteiger partial charge >= 0.3 is 0 Å². The average molecular weight is 421 g/mol. The summed E-state index contributed by atoms with van der Waals surface area (Å²) in [7, 11) is 1.65. The third-order valence-corrected chi connectivity index (χ3v) is 2.99. The zero-order chi connectivity index (χ0) is 15.3. The van der Waals surface area contributed by atoms with Crippen LogP contribution in [0.3, 0.4) is 0 Å². The minimum Gasteiger partial charge on any atom is -0.494 e. The Morgan fingerprint density at radius 2 is 1.95 bits per heavy atom. The Bertz CT molecular complexity index is 410. The van der Waals surface area contributed by atoms with E-state index in [0.29, 0.717) is 19.1 Å². The van der Waals surface area contributed by atoms with E-state index in [1.807, 2.05) is 12.1 Å². The molecule has 1 rings (SSSR count). The molecule has 0 radical (unpaired) electrons. The van der Waals surface area contributed by atoms with Crippen LogP contribution in [0.2, 0.25) is 0 Å². The van der Waals surface area contributed by atoms with Crippen molar-refractivity contribution in [2.45, 2.75) is 26.2 Å². The van der Waals surface area contributed by atoms with Gasteiger partial charge < -0.3 is 20.5 Å². The molecule has 0 saturated carbocycles. The van der Waals surface area contributed by atoms with Crippen LogP contribution in [0.5, 0.6) is 5.75 Å². The Hall–Kier alpha value is -1.02. The predicted octanol–water partition coefficient (Wildman–Crippen LogP) is 2.58. The number of aliphatic imine (C=N–C) groups is 1. The highest BCUT2D eigenvalue weighted by Gasteiger charge is 1.97. The first-order chi connectivity index (χ1) is 10.3. The number of benzene rings is 1. The van der Waals surface area contributed by atoms with Gasteiger partial charge in [-0.15, -0.1) is 24.0 Å². The lowest BCUT2D eigenvalue weighted by Crippen LogP contribution is -2.33. The zero-order valence-corrected chi connectivity index (χ0v) is 15.8. The van der Waals surface area contributed by atoms with Crippen molar-refractivity contribution >= 4 is 29.9 Å². The molecule has 1 aromatic rings. The molecule has 6 heteroatoms. The van der Waals surface area contributed by atoms with Gasteiger partial charge in [-0.1, -0.05) is 25.5 Å². The number of nitrogens with one attached hydrogen (secondary N) is 1. The van der Waals surface area contributed by atoms with Gasteiger partial charge in [0.2, 0.25) is 0 Å². The van der Waals surface area contributed by atoms with Crippen LogP contribution in [0.15, 0.2) is 29.3 Å². The molecule has 0 aliphatic rings. The molecule has 0 fully saturated rings. The summed E-state index contributed by atoms with van der Waals surface area (Å²) in [6.07, 6.45) is 3.14. The topological polar surface area (TPSA) is 68.9 Å². The summed E-state index contributed by atoms with van der Waals surface area (Å²) in [6.45, 7) is 4.87. The average Bonchev–Trinajstić information content (AvgIpc) is 2.49. The van der Waals surface area contributed by atoms with Gasteiger partial charge in [0.05, 0.1) is 19.8 Å². The van der Waals surface area contributed by atoms with Crippen molar-refractivity contribution < 1.29 is 9.47 Å². The van der Waals surface area contributed by atoms with E-state index in [1.54, 1.807) is 7.11 Å². The summed E-state index contributed by atoms with van der Waals surface area (Å²) in [6, 6.07) is 8.20. The molecule has 3 N–H and O–H groups in total. The summed E-state index contributed by atoms with van der Waals surface area (Å²) in [5.74, 6) is 1.40. The lowest BCUT2D eigenvalue weighted by atomic mass is 10.1. The first kappa shape index (κ1) is 21.0. The fourth-order valence-corrected chi connectivity index (χ4v) is 1.73. The molecular formula is C16H28IN3O2. The minimum absolute atomic E-state index is 0. The highest BCUT2D eigenvalue weighted by molar-refractivity contribution is 14.0. The summed E-state index contributed by atoms with van der Waals surface area (Å²) < 4.78 is 10.5. The van der Waals surface area contributed by atoms with Crippen LogP contribution in [-0.4, -0.2) is 39.4 Å². The number of guanidine groups is 1. The van der Waals surface area contributed by atoms with Crippen molar-refractivity contribution in [3.05, 3.63) is 29.8 Å². The molecule has 0 aliphatic heterocycles. The number of hydrogen-bond donors (Lipinski definition) is 2. The maximum Gasteiger partial charge on any atom is 0.188 e. The summed E-state index contributed by atoms with van der Waals surface area (Å²) in [5.41, 5.74) is 6.98. The van der Waals surface area contributed by atoms with Gasteiger partial charge in [0.1, 0.15) is 5.75 Å². The van der Waals surface area contributed by atoms with E-state index < -0.39 is 0 Å². The van der Waals surface area contributed by atoms with Gasteiger partial charge in [-0.05, 0) is 30.5 Å². The summed E-state index contributed by atoms with van der Waals surface area (Å²) in [5, 5.41) is 3.09. The largest absolute Gasteiger partial charge is 0.494 e. The number of nitrogens with zero attached hydrogens (tertiary/aromatic N) is 1. The number of halogens is 1. The predicted molar refractivity (Wildman–Crippen MR) is 102 cm³/mol. The van der Waals surface area contributed by atoms with Gasteiger partial charge in [-0.2, -0.15) is 0 Å². The van der Waals surface area contributed by atoms with E-state index in [1.165, 1.54) is 5.56 Å². The van der Waals surface area contributed by atoms with E-state index in [9.17, 15) is 0 Å². The molecule has 0 aliphatic carbocycles. The molecular weight excluding hydrogens is 393 g/mol. The molecule has 22 heavy (non-hydrogen) atoms. The van der Waals surface area contributed by atoms with Crippen molar-refractivity contribution in [3.63, 3.8) is 0 Å². The Morgan fingerprint density at radius 1 is 1.23 bits per heavy atom. The maximum absolute atomic E-state index is 5.73. The first-order valence-electron chi connectivity index (χ1n) is 7.50. The lowest BCUT2D eigenvalue weighted by Gasteiger charge is -2.08. The monoisotopic (exact) mass is 421 g/mol. The summed E-state index contributed by atoms with van der Waals surface area (Å²) in [4.78, 5) is 4.14. The van der Waals surface area contributed by atoms with Crippen LogP contribution >= 0.6 is 24.0 Å². The third kappa shape index (κ3) is 9.83. The molecule has 0 saturated heterocycles. The van der Waals surface area contributed by atoms with E-state index in [-0.39, 0.29) is 24.0 Å². The van der Waals surface area contributed by atoms with Crippen LogP contribution in [0.1, 0.15) is 25.3 Å². The van der Waals surface area contributed by atoms with Crippen molar-refractivity contribution in [2.75, 3.05) is 33.4 Å². The number of hydrogen-bond acceptors (Lipinski definition) is 3. The van der Waals surface area contributed by atoms with Gasteiger partial charge in [0.15, 0.2) is 5.96 Å². The second-order valence-corrected chi connectivity index (χ2v) is 4.78. The van der Waals surface area contributed by atoms with Gasteiger partial charge in [-0.3, -0.25) is 4.99 Å². The van der Waals surface area contributed by atoms with Gasteiger partial charge in [-0.25, -0.2) is 0 Å². The molecule has 0 amide bonds. The van der Waals surface area contributed by atoms with Crippen molar-refractivity contribution in [3.8, 4) is 5.75 Å². The number of nitrogens with two attached hydrogens (primary N) is 1. The molecule has 0 unspecified atom stereocenters. The number of methoxy groups -OCH3 is 1. The standard InChI is InChI=1S/C16H27N3O2.HI/c1-3-4-12-21-15-7-5-14(6-8-15)9-10-18-16(17)19-11-13-20-2;/h5-8H,3-4,9-13H2,1-2H3,(H3,17,18,19);1H. The Morgan fingerprint density at radius 3 is 2.59 bits per heavy atom. The molecule has 0 bridgehead atoms. The number of ether oxygens (including phenoxy) is 2. The SMILES string of the molecule is CCCCOc1ccc(CCNC(N)=NCCOC)cc1.I. The third-order valence-electron chi connectivity index (χ3n) is 2.99. The van der Waals surface area contributed by atoms with E-state index in [0.717, 1.165) is 38.2 Å². The number of unbranched alkanes of at least 4 members (excludes halogenated alkanes) is 1. The Balaban J connectivity index is 0.00000441. The fraction of sp³-hybridized carbons (Fsp3) is 0.562. The van der Waals surface area contributed by atoms with Gasteiger partial charge in [0, 0.05) is 13.7 Å². The second-order valence-electron chi connectivity index (χ2n) is 4.78. The molecule has 1 aromatic carbocycles. The van der Waals surface area contributed by atoms with Crippen LogP contribution in [0.4, 0.5) is 0 Å². The molecule has 0 spiro atoms. The second kappa shape index (κ2) is 13.6. The zero-order valence-electron chi connectivity index (χ0n) is 13.5. The Kier molecular flexibility index (Phi) is 13.0. The molecule has 5 nitrogen and oxygen atoms in total. The summed E-state index contributed by atoms with van der Waals surface area (Å²) >= 11 is 0. The van der Waals surface area contributed by atoms with Gasteiger partial charge in [0.25, 0.3) is 0 Å². The molecule has 0 aromatic heterocycles. The highest BCUT2D eigenvalue weighted by atomic mass is 127. The minimum atomic E-state index is 0. The lowest BCUT2D eigenvalue weighted by molar-refractivity contribution is 0.208. The quantitative estimate of drug-likeness (QED) is 0.264. The van der Waals surface area contributed by atoms with E-state index in [2.05, 4.69) is 29.4 Å². The van der Waals surface area contributed by atoms with Crippen molar-refractivity contribution in [2.24, 2.45) is 10.7 Å². The number of rotatable bonds is 10. The first-order valence-corrected chi connectivity index (χ1v) is 7.50. The molecule has 0 heterocycles. The van der Waals surface area contributed by atoms with Crippen molar-refractivity contribution in [1.82, 2.24) is 5.32 Å². The van der Waals surface area contributed by atoms with Crippen LogP contribution in [0.25, 0.3) is 0 Å². The van der Waals surface area contributed by atoms with E-state index >= 15 is 0 Å². The normalized spacial score (nSPS) is 10.9. The molecule has 0 atom stereocenters. The highest BCUT2D eigenvalue weighted by Crippen LogP contribution is 2.12. The van der Waals surface area contributed by atoms with E-state index in [4.69, 9.17) is 15.2 Å². The van der Waals surface area contributed by atoms with Crippen LogP contribution < -0.4 is 15.8 Å². The van der Waals surface area contributed by atoms with Crippen LogP contribution in [-0.2, 0) is 11.2 Å². The van der Waals surface area contributed by atoms with Crippen LogP contribution in [0, 0.1) is 0 Å². The Labute approximate surface area is 150 Å². The maximum atomic E-state index is 5.73. The molecule has 126 valence electrons. The van der Waals surface area contributed by atoms with Crippen molar-refractivity contribution in [1.29, 1.82) is 0 Å². The fourth-order valence-electron chi connectivity index (χ4n) is 1.73.